The summed E-state index contributed by atoms with van der Waals surface area (Å²) < 4.78 is 4.63. The van der Waals surface area contributed by atoms with Crippen LogP contribution in [0.4, 0.5) is 0 Å². The van der Waals surface area contributed by atoms with Gasteiger partial charge in [-0.25, -0.2) is 4.79 Å². The summed E-state index contributed by atoms with van der Waals surface area (Å²) in [5, 5.41) is 27.7. The van der Waals surface area contributed by atoms with Gasteiger partial charge in [0.2, 0.25) is 0 Å². The van der Waals surface area contributed by atoms with Crippen molar-refractivity contribution in [3.05, 3.63) is 23.8 Å². The molecule has 0 amide bonds. The highest BCUT2D eigenvalue weighted by Crippen LogP contribution is 2.25. The molecule has 0 aromatic heterocycles. The Balaban J connectivity index is 2.66. The SMILES string of the molecule is CCOC(=O)C(O)Cc1ccc(O)c(O)c1. The summed E-state index contributed by atoms with van der Waals surface area (Å²) in [6.07, 6.45) is -1.23. The minimum atomic E-state index is -1.26. The number of esters is 1. The lowest BCUT2D eigenvalue weighted by Gasteiger charge is -2.09. The van der Waals surface area contributed by atoms with Crippen LogP contribution in [0.25, 0.3) is 0 Å². The van der Waals surface area contributed by atoms with Crippen molar-refractivity contribution in [3.63, 3.8) is 0 Å². The van der Waals surface area contributed by atoms with Crippen LogP contribution in [0.3, 0.4) is 0 Å². The summed E-state index contributed by atoms with van der Waals surface area (Å²) in [4.78, 5) is 11.1. The van der Waals surface area contributed by atoms with E-state index in [-0.39, 0.29) is 24.5 Å². The average Bonchev–Trinajstić information content (AvgIpc) is 2.24. The Morgan fingerprint density at radius 3 is 2.62 bits per heavy atom. The van der Waals surface area contributed by atoms with Gasteiger partial charge in [0.15, 0.2) is 17.6 Å². The highest BCUT2D eigenvalue weighted by atomic mass is 16.5. The number of hydrogen-bond donors (Lipinski definition) is 3. The Morgan fingerprint density at radius 1 is 1.38 bits per heavy atom. The van der Waals surface area contributed by atoms with E-state index >= 15 is 0 Å². The molecule has 1 atom stereocenters. The standard InChI is InChI=1S/C11H14O5/c1-2-16-11(15)10(14)6-7-3-4-8(12)9(13)5-7/h3-5,10,12-14H,2,6H2,1H3. The maximum atomic E-state index is 11.1. The first kappa shape index (κ1) is 12.3. The van der Waals surface area contributed by atoms with Crippen LogP contribution < -0.4 is 0 Å². The molecular weight excluding hydrogens is 212 g/mol. The second-order valence-electron chi connectivity index (χ2n) is 3.30. The Bertz CT molecular complexity index is 375. The molecule has 1 aromatic carbocycles. The van der Waals surface area contributed by atoms with Gasteiger partial charge >= 0.3 is 5.97 Å². The molecule has 0 aliphatic heterocycles. The van der Waals surface area contributed by atoms with E-state index in [9.17, 15) is 15.0 Å². The zero-order valence-corrected chi connectivity index (χ0v) is 8.88. The van der Waals surface area contributed by atoms with Crippen LogP contribution in [-0.4, -0.2) is 34.0 Å². The van der Waals surface area contributed by atoms with E-state index in [1.807, 2.05) is 0 Å². The summed E-state index contributed by atoms with van der Waals surface area (Å²) in [5.41, 5.74) is 0.538. The lowest BCUT2D eigenvalue weighted by atomic mass is 10.1. The molecule has 5 heteroatoms. The third-order valence-electron chi connectivity index (χ3n) is 2.03. The first-order valence-corrected chi connectivity index (χ1v) is 4.90. The molecule has 0 fully saturated rings. The fourth-order valence-electron chi connectivity index (χ4n) is 1.24. The number of benzene rings is 1. The van der Waals surface area contributed by atoms with Gasteiger partial charge in [-0.3, -0.25) is 0 Å². The van der Waals surface area contributed by atoms with Gasteiger partial charge in [0.05, 0.1) is 6.61 Å². The van der Waals surface area contributed by atoms with Crippen LogP contribution in [0.1, 0.15) is 12.5 Å². The number of aromatic hydroxyl groups is 2. The van der Waals surface area contributed by atoms with Crippen LogP contribution >= 0.6 is 0 Å². The van der Waals surface area contributed by atoms with Gasteiger partial charge in [0.25, 0.3) is 0 Å². The molecule has 0 bridgehead atoms. The maximum Gasteiger partial charge on any atom is 0.335 e. The molecule has 88 valence electrons. The normalized spacial score (nSPS) is 12.1. The van der Waals surface area contributed by atoms with Gasteiger partial charge in [-0.1, -0.05) is 6.07 Å². The molecule has 1 rings (SSSR count). The van der Waals surface area contributed by atoms with Gasteiger partial charge in [-0.2, -0.15) is 0 Å². The molecule has 5 nitrogen and oxygen atoms in total. The van der Waals surface area contributed by atoms with E-state index in [0.29, 0.717) is 5.56 Å². The number of phenolic OH excluding ortho intramolecular Hbond substituents is 2. The lowest BCUT2D eigenvalue weighted by Crippen LogP contribution is -2.25. The Morgan fingerprint density at radius 2 is 2.06 bits per heavy atom. The van der Waals surface area contributed by atoms with Gasteiger partial charge < -0.3 is 20.1 Å². The molecule has 1 aromatic rings. The topological polar surface area (TPSA) is 87.0 Å². The zero-order valence-electron chi connectivity index (χ0n) is 8.88. The fourth-order valence-corrected chi connectivity index (χ4v) is 1.24. The second-order valence-corrected chi connectivity index (χ2v) is 3.30. The van der Waals surface area contributed by atoms with E-state index in [2.05, 4.69) is 4.74 Å². The third kappa shape index (κ3) is 3.13. The van der Waals surface area contributed by atoms with Crippen molar-refractivity contribution >= 4 is 5.97 Å². The Labute approximate surface area is 92.9 Å². The van der Waals surface area contributed by atoms with Crippen molar-refractivity contribution in [3.8, 4) is 11.5 Å². The number of hydrogen-bond acceptors (Lipinski definition) is 5. The number of aliphatic hydroxyl groups excluding tert-OH is 1. The summed E-state index contributed by atoms with van der Waals surface area (Å²) in [6, 6.07) is 4.10. The summed E-state index contributed by atoms with van der Waals surface area (Å²) in [6.45, 7) is 1.85. The Hall–Kier alpha value is -1.75. The number of rotatable bonds is 4. The highest BCUT2D eigenvalue weighted by molar-refractivity contribution is 5.74. The molecule has 0 heterocycles. The predicted molar refractivity (Wildman–Crippen MR) is 56.1 cm³/mol. The highest BCUT2D eigenvalue weighted by Gasteiger charge is 2.17. The number of ether oxygens (including phenoxy) is 1. The third-order valence-corrected chi connectivity index (χ3v) is 2.03. The van der Waals surface area contributed by atoms with Crippen LogP contribution in [0.5, 0.6) is 11.5 Å². The molecule has 0 aliphatic carbocycles. The molecule has 0 radical (unpaired) electrons. The van der Waals surface area contributed by atoms with Gasteiger partial charge in [-0.15, -0.1) is 0 Å². The summed E-state index contributed by atoms with van der Waals surface area (Å²) >= 11 is 0. The largest absolute Gasteiger partial charge is 0.504 e. The molecule has 0 aliphatic rings. The predicted octanol–water partition coefficient (Wildman–Crippen LogP) is 0.564. The smallest absolute Gasteiger partial charge is 0.335 e. The van der Waals surface area contributed by atoms with E-state index in [1.165, 1.54) is 18.2 Å². The van der Waals surface area contributed by atoms with Crippen molar-refractivity contribution in [1.82, 2.24) is 0 Å². The average molecular weight is 226 g/mol. The van der Waals surface area contributed by atoms with E-state index in [0.717, 1.165) is 0 Å². The van der Waals surface area contributed by atoms with Crippen LogP contribution in [0.2, 0.25) is 0 Å². The van der Waals surface area contributed by atoms with Crippen molar-refractivity contribution in [2.24, 2.45) is 0 Å². The van der Waals surface area contributed by atoms with Crippen molar-refractivity contribution in [2.45, 2.75) is 19.4 Å². The summed E-state index contributed by atoms with van der Waals surface area (Å²) in [5.74, 6) is -1.22. The quantitative estimate of drug-likeness (QED) is 0.516. The Kier molecular flexibility index (Phi) is 4.13. The fraction of sp³-hybridized carbons (Fsp3) is 0.364. The number of phenols is 2. The van der Waals surface area contributed by atoms with E-state index in [1.54, 1.807) is 6.92 Å². The van der Waals surface area contributed by atoms with Crippen molar-refractivity contribution < 1.29 is 24.9 Å². The minimum Gasteiger partial charge on any atom is -0.504 e. The van der Waals surface area contributed by atoms with Gasteiger partial charge in [0, 0.05) is 6.42 Å². The maximum absolute atomic E-state index is 11.1. The second kappa shape index (κ2) is 5.37. The lowest BCUT2D eigenvalue weighted by molar-refractivity contribution is -0.152. The monoisotopic (exact) mass is 226 g/mol. The number of aliphatic hydroxyl groups is 1. The minimum absolute atomic E-state index is 0.0344. The summed E-state index contributed by atoms with van der Waals surface area (Å²) in [7, 11) is 0. The molecule has 0 saturated heterocycles. The number of carbonyl (C=O) groups is 1. The van der Waals surface area contributed by atoms with Crippen LogP contribution in [-0.2, 0) is 16.0 Å². The first-order valence-electron chi connectivity index (χ1n) is 4.90. The van der Waals surface area contributed by atoms with E-state index in [4.69, 9.17) is 5.11 Å². The number of carbonyl (C=O) groups excluding carboxylic acids is 1. The molecule has 1 unspecified atom stereocenters. The van der Waals surface area contributed by atoms with Gasteiger partial charge in [0.1, 0.15) is 0 Å². The van der Waals surface area contributed by atoms with Crippen LogP contribution in [0, 0.1) is 0 Å². The first-order chi connectivity index (χ1) is 7.54. The van der Waals surface area contributed by atoms with Gasteiger partial charge in [-0.05, 0) is 24.6 Å². The molecule has 3 N–H and O–H groups in total. The van der Waals surface area contributed by atoms with Crippen molar-refractivity contribution in [2.75, 3.05) is 6.61 Å². The van der Waals surface area contributed by atoms with Crippen molar-refractivity contribution in [1.29, 1.82) is 0 Å². The molecule has 0 saturated carbocycles. The van der Waals surface area contributed by atoms with E-state index < -0.39 is 12.1 Å². The zero-order chi connectivity index (χ0) is 12.1. The molecule has 16 heavy (non-hydrogen) atoms. The molecule has 0 spiro atoms. The van der Waals surface area contributed by atoms with Crippen LogP contribution in [0.15, 0.2) is 18.2 Å². The molecular formula is C11H14O5.